The molecule has 0 atom stereocenters. The molecule has 4 rings (SSSR count). The first-order chi connectivity index (χ1) is 18.3. The van der Waals surface area contributed by atoms with Gasteiger partial charge in [-0.15, -0.1) is 0 Å². The fourth-order valence-corrected chi connectivity index (χ4v) is 3.96. The Morgan fingerprint density at radius 2 is 1.68 bits per heavy atom. The summed E-state index contributed by atoms with van der Waals surface area (Å²) in [4.78, 5) is 46.5. The second kappa shape index (κ2) is 11.5. The van der Waals surface area contributed by atoms with Gasteiger partial charge in [0.2, 0.25) is 17.7 Å². The molecule has 13 heteroatoms. The summed E-state index contributed by atoms with van der Waals surface area (Å²) in [5, 5.41) is 17.4. The molecule has 0 spiro atoms. The van der Waals surface area contributed by atoms with E-state index in [1.165, 1.54) is 24.8 Å². The third-order valence-corrected chi connectivity index (χ3v) is 5.80. The van der Waals surface area contributed by atoms with Crippen molar-refractivity contribution in [3.8, 4) is 11.1 Å². The third kappa shape index (κ3) is 5.94. The number of amides is 3. The van der Waals surface area contributed by atoms with Gasteiger partial charge in [-0.05, 0) is 23.8 Å². The Labute approximate surface area is 216 Å². The number of hydrogen-bond acceptors (Lipinski definition) is 7. The van der Waals surface area contributed by atoms with Crippen LogP contribution >= 0.6 is 0 Å². The fourth-order valence-electron chi connectivity index (χ4n) is 3.96. The van der Waals surface area contributed by atoms with E-state index < -0.39 is 23.6 Å². The van der Waals surface area contributed by atoms with Crippen molar-refractivity contribution >= 4 is 45.5 Å². The summed E-state index contributed by atoms with van der Waals surface area (Å²) in [6.07, 6.45) is 3.13. The van der Waals surface area contributed by atoms with Gasteiger partial charge in [0.05, 0.1) is 43.6 Å². The minimum atomic E-state index is -0.603. The van der Waals surface area contributed by atoms with Gasteiger partial charge in [-0.1, -0.05) is 12.1 Å². The smallest absolute Gasteiger partial charge is 0.325 e. The predicted molar refractivity (Wildman–Crippen MR) is 135 cm³/mol. The molecule has 38 heavy (non-hydrogen) atoms. The Bertz CT molecular complexity index is 1530. The third-order valence-electron chi connectivity index (χ3n) is 5.80. The fraction of sp³-hybridized carbons (Fsp3) is 0.280. The second-order valence-electron chi connectivity index (χ2n) is 8.41. The number of methoxy groups -OCH3 is 1. The van der Waals surface area contributed by atoms with Gasteiger partial charge in [0.15, 0.2) is 0 Å². The summed E-state index contributed by atoms with van der Waals surface area (Å²) >= 11 is 0. The minimum Gasteiger partial charge on any atom is -0.468 e. The zero-order chi connectivity index (χ0) is 27.2. The first-order valence-corrected chi connectivity index (χ1v) is 11.7. The lowest BCUT2D eigenvalue weighted by atomic mass is 10.00. The molecule has 0 aliphatic rings. The lowest BCUT2D eigenvalue weighted by Crippen LogP contribution is -2.40. The number of carbonyl (C=O) groups is 4. The Morgan fingerprint density at radius 3 is 2.45 bits per heavy atom. The Hall–Kier alpha value is -4.81. The molecule has 4 aromatic rings. The van der Waals surface area contributed by atoms with Crippen LogP contribution in [-0.4, -0.2) is 70.0 Å². The molecule has 2 aromatic carbocycles. The number of hydrogen-bond donors (Lipinski definition) is 3. The molecule has 3 N–H and O–H groups in total. The molecule has 0 aliphatic heterocycles. The van der Waals surface area contributed by atoms with Crippen LogP contribution in [-0.2, 0) is 37.0 Å². The van der Waals surface area contributed by atoms with E-state index in [0.717, 1.165) is 0 Å². The van der Waals surface area contributed by atoms with Crippen molar-refractivity contribution in [1.29, 1.82) is 0 Å². The van der Waals surface area contributed by atoms with E-state index in [1.807, 2.05) is 0 Å². The number of carbonyl (C=O) groups excluding carboxylic acids is 4. The van der Waals surface area contributed by atoms with Gasteiger partial charge >= 0.3 is 5.97 Å². The van der Waals surface area contributed by atoms with Crippen molar-refractivity contribution in [2.24, 2.45) is 0 Å². The summed E-state index contributed by atoms with van der Waals surface area (Å²) in [6.45, 7) is 1.46. The number of fused-ring (bicyclic) bond motifs is 2. The van der Waals surface area contributed by atoms with E-state index in [2.05, 4.69) is 30.9 Å². The number of nitrogens with zero attached hydrogens (tertiary/aromatic N) is 4. The van der Waals surface area contributed by atoms with Crippen molar-refractivity contribution in [2.45, 2.75) is 20.0 Å². The minimum absolute atomic E-state index is 0.146. The molecule has 12 nitrogen and oxygen atoms in total. The average molecular weight is 524 g/mol. The van der Waals surface area contributed by atoms with Crippen LogP contribution in [0.2, 0.25) is 0 Å². The Balaban J connectivity index is 1.52. The highest BCUT2D eigenvalue weighted by Gasteiger charge is 2.16. The molecule has 2 heterocycles. The van der Waals surface area contributed by atoms with Crippen molar-refractivity contribution in [3.05, 3.63) is 48.5 Å². The molecule has 2 aromatic heterocycles. The summed E-state index contributed by atoms with van der Waals surface area (Å²) in [7, 11) is 1.20. The number of halogens is 1. The van der Waals surface area contributed by atoms with Crippen LogP contribution in [0.5, 0.6) is 0 Å². The molecular formula is C25H26FN7O5. The highest BCUT2D eigenvalue weighted by atomic mass is 19.1. The van der Waals surface area contributed by atoms with Gasteiger partial charge in [-0.25, -0.2) is 4.39 Å². The van der Waals surface area contributed by atoms with Crippen LogP contribution in [0.3, 0.4) is 0 Å². The van der Waals surface area contributed by atoms with Crippen LogP contribution < -0.4 is 16.0 Å². The molecule has 0 saturated carbocycles. The molecular weight excluding hydrogens is 497 g/mol. The topological polar surface area (TPSA) is 149 Å². The van der Waals surface area contributed by atoms with E-state index in [-0.39, 0.29) is 25.5 Å². The standard InChI is InChI=1S/C25H26FN7O5/c1-15(34)27-6-7-32-22-9-18(20(26)8-16(22)10-30-32)17-4-3-5-21-19(17)11-31-33(21)14-24(36)28-12-23(35)29-13-25(37)38-2/h3-5,8-11H,6-7,12-14H2,1-2H3,(H,27,34)(H,28,36)(H,29,35). The van der Waals surface area contributed by atoms with Gasteiger partial charge in [0.1, 0.15) is 18.9 Å². The molecule has 0 fully saturated rings. The second-order valence-corrected chi connectivity index (χ2v) is 8.41. The Morgan fingerprint density at radius 1 is 0.921 bits per heavy atom. The SMILES string of the molecule is COC(=O)CNC(=O)CNC(=O)Cn1ncc2c(-c3cc4c(cnn4CCNC(C)=O)cc3F)cccc21. The number of aromatic nitrogens is 4. The monoisotopic (exact) mass is 523 g/mol. The molecule has 0 saturated heterocycles. The summed E-state index contributed by atoms with van der Waals surface area (Å²) in [5.74, 6) is -2.20. The van der Waals surface area contributed by atoms with Crippen LogP contribution in [0.4, 0.5) is 4.39 Å². The maximum absolute atomic E-state index is 15.2. The molecule has 0 radical (unpaired) electrons. The van der Waals surface area contributed by atoms with Crippen molar-refractivity contribution in [2.75, 3.05) is 26.7 Å². The number of ether oxygens (including phenoxy) is 1. The largest absolute Gasteiger partial charge is 0.468 e. The summed E-state index contributed by atoms with van der Waals surface area (Å²) in [6, 6.07) is 8.38. The first-order valence-electron chi connectivity index (χ1n) is 11.7. The van der Waals surface area contributed by atoms with Crippen molar-refractivity contribution in [1.82, 2.24) is 35.5 Å². The summed E-state index contributed by atoms with van der Waals surface area (Å²) < 4.78 is 22.8. The zero-order valence-electron chi connectivity index (χ0n) is 20.8. The number of nitrogens with one attached hydrogen (secondary N) is 3. The van der Waals surface area contributed by atoms with E-state index >= 15 is 4.39 Å². The molecule has 0 unspecified atom stereocenters. The maximum Gasteiger partial charge on any atom is 0.325 e. The Kier molecular flexibility index (Phi) is 7.94. The van der Waals surface area contributed by atoms with Crippen molar-refractivity contribution in [3.63, 3.8) is 0 Å². The lowest BCUT2D eigenvalue weighted by molar-refractivity contribution is -0.141. The van der Waals surface area contributed by atoms with Crippen LogP contribution in [0, 0.1) is 5.82 Å². The average Bonchev–Trinajstić information content (AvgIpc) is 3.49. The van der Waals surface area contributed by atoms with Gasteiger partial charge in [0.25, 0.3) is 0 Å². The lowest BCUT2D eigenvalue weighted by Gasteiger charge is -2.09. The van der Waals surface area contributed by atoms with Gasteiger partial charge < -0.3 is 20.7 Å². The predicted octanol–water partition coefficient (Wildman–Crippen LogP) is 0.734. The number of benzene rings is 2. The highest BCUT2D eigenvalue weighted by molar-refractivity contribution is 5.97. The first kappa shape index (κ1) is 26.3. The van der Waals surface area contributed by atoms with E-state index in [4.69, 9.17) is 0 Å². The van der Waals surface area contributed by atoms with E-state index in [0.29, 0.717) is 46.0 Å². The molecule has 0 bridgehead atoms. The van der Waals surface area contributed by atoms with Gasteiger partial charge in [-0.3, -0.25) is 28.5 Å². The maximum atomic E-state index is 15.2. The van der Waals surface area contributed by atoms with Crippen molar-refractivity contribution < 1.29 is 28.3 Å². The quantitative estimate of drug-likeness (QED) is 0.260. The molecule has 3 amide bonds. The number of esters is 1. The van der Waals surface area contributed by atoms with E-state index in [9.17, 15) is 19.2 Å². The van der Waals surface area contributed by atoms with Crippen LogP contribution in [0.1, 0.15) is 6.92 Å². The normalized spacial score (nSPS) is 10.9. The number of rotatable bonds is 10. The molecule has 0 aliphatic carbocycles. The van der Waals surface area contributed by atoms with Crippen LogP contribution in [0.15, 0.2) is 42.7 Å². The summed E-state index contributed by atoms with van der Waals surface area (Å²) in [5.41, 5.74) is 2.24. The zero-order valence-corrected chi connectivity index (χ0v) is 20.8. The van der Waals surface area contributed by atoms with Crippen LogP contribution in [0.25, 0.3) is 32.9 Å². The highest BCUT2D eigenvalue weighted by Crippen LogP contribution is 2.33. The van der Waals surface area contributed by atoms with Gasteiger partial charge in [-0.2, -0.15) is 10.2 Å². The van der Waals surface area contributed by atoms with Gasteiger partial charge in [0, 0.05) is 29.8 Å². The molecule has 198 valence electrons. The van der Waals surface area contributed by atoms with E-state index in [1.54, 1.807) is 41.3 Å².